The maximum absolute atomic E-state index is 13.0. The van der Waals surface area contributed by atoms with Crippen LogP contribution in [0.2, 0.25) is 5.02 Å². The predicted molar refractivity (Wildman–Crippen MR) is 142 cm³/mol. The first-order valence-corrected chi connectivity index (χ1v) is 12.5. The van der Waals surface area contributed by atoms with Crippen LogP contribution in [0.15, 0.2) is 84.9 Å². The summed E-state index contributed by atoms with van der Waals surface area (Å²) >= 11 is 6.31. The summed E-state index contributed by atoms with van der Waals surface area (Å²) in [5.74, 6) is 1.52. The Morgan fingerprint density at radius 3 is 2.33 bits per heavy atom. The second kappa shape index (κ2) is 11.0. The van der Waals surface area contributed by atoms with E-state index in [4.69, 9.17) is 21.4 Å². The third-order valence-electron chi connectivity index (χ3n) is 6.37. The highest BCUT2D eigenvalue weighted by atomic mass is 35.5. The van der Waals surface area contributed by atoms with E-state index >= 15 is 0 Å². The van der Waals surface area contributed by atoms with Gasteiger partial charge in [0.15, 0.2) is 5.82 Å². The van der Waals surface area contributed by atoms with E-state index in [1.54, 1.807) is 4.90 Å². The van der Waals surface area contributed by atoms with E-state index in [2.05, 4.69) is 17.0 Å². The van der Waals surface area contributed by atoms with Crippen LogP contribution in [0.1, 0.15) is 22.4 Å². The summed E-state index contributed by atoms with van der Waals surface area (Å²) in [5.41, 5.74) is 4.22. The Morgan fingerprint density at radius 1 is 0.889 bits per heavy atom. The minimum absolute atomic E-state index is 0.0662. The number of aromatic nitrogens is 2. The lowest BCUT2D eigenvalue weighted by Crippen LogP contribution is -2.50. The Kier molecular flexibility index (Phi) is 7.35. The molecule has 4 aromatic rings. The smallest absolute Gasteiger partial charge is 0.242 e. The third kappa shape index (κ3) is 5.78. The zero-order chi connectivity index (χ0) is 24.9. The van der Waals surface area contributed by atoms with Crippen molar-refractivity contribution in [2.45, 2.75) is 26.6 Å². The Hall–Kier alpha value is -3.61. The van der Waals surface area contributed by atoms with Gasteiger partial charge in [-0.3, -0.25) is 19.3 Å². The number of amides is 1. The van der Waals surface area contributed by atoms with Crippen LogP contribution >= 0.6 is 11.6 Å². The quantitative estimate of drug-likeness (QED) is 0.328. The second-order valence-corrected chi connectivity index (χ2v) is 9.51. The number of aryl methyl sites for hydroxylation is 1. The zero-order valence-electron chi connectivity index (χ0n) is 20.3. The molecular weight excluding hydrogens is 472 g/mol. The van der Waals surface area contributed by atoms with E-state index in [-0.39, 0.29) is 5.91 Å². The van der Waals surface area contributed by atoms with Crippen molar-refractivity contribution < 1.29 is 9.53 Å². The largest absolute Gasteiger partial charge is 0.489 e. The van der Waals surface area contributed by atoms with Gasteiger partial charge in [0.2, 0.25) is 5.91 Å². The zero-order valence-corrected chi connectivity index (χ0v) is 21.1. The van der Waals surface area contributed by atoms with Gasteiger partial charge in [0.05, 0.1) is 13.1 Å². The van der Waals surface area contributed by atoms with Gasteiger partial charge in [0.1, 0.15) is 12.4 Å². The van der Waals surface area contributed by atoms with E-state index < -0.39 is 0 Å². The molecule has 1 aliphatic heterocycles. The number of nitrogens with zero attached hydrogens (tertiary/aromatic N) is 4. The molecule has 184 valence electrons. The molecular formula is C29H29ClN4O2. The highest BCUT2D eigenvalue weighted by Gasteiger charge is 2.27. The molecule has 6 nitrogen and oxygen atoms in total. The first kappa shape index (κ1) is 24.1. The van der Waals surface area contributed by atoms with Crippen LogP contribution in [-0.4, -0.2) is 40.2 Å². The molecule has 0 spiro atoms. The van der Waals surface area contributed by atoms with Crippen molar-refractivity contribution in [2.75, 3.05) is 24.5 Å². The number of hydrogen-bond acceptors (Lipinski definition) is 4. The minimum Gasteiger partial charge on any atom is -0.489 e. The fourth-order valence-corrected chi connectivity index (χ4v) is 4.63. The summed E-state index contributed by atoms with van der Waals surface area (Å²) in [6.07, 6.45) is 0. The molecule has 0 aliphatic carbocycles. The lowest BCUT2D eigenvalue weighted by molar-refractivity contribution is -0.121. The van der Waals surface area contributed by atoms with E-state index in [0.29, 0.717) is 37.1 Å². The molecule has 5 rings (SSSR count). The van der Waals surface area contributed by atoms with Gasteiger partial charge in [-0.05, 0) is 36.2 Å². The number of anilines is 1. The number of ether oxygens (including phenoxy) is 1. The van der Waals surface area contributed by atoms with E-state index in [0.717, 1.165) is 35.7 Å². The number of rotatable bonds is 8. The van der Waals surface area contributed by atoms with E-state index in [1.807, 2.05) is 84.4 Å². The van der Waals surface area contributed by atoms with Crippen LogP contribution in [0.25, 0.3) is 0 Å². The summed E-state index contributed by atoms with van der Waals surface area (Å²) in [5, 5.41) is 5.43. The number of carbonyl (C=O) groups is 1. The lowest BCUT2D eigenvalue weighted by Gasteiger charge is -2.33. The third-order valence-corrected chi connectivity index (χ3v) is 6.61. The molecule has 3 aromatic carbocycles. The van der Waals surface area contributed by atoms with Gasteiger partial charge in [-0.1, -0.05) is 72.3 Å². The summed E-state index contributed by atoms with van der Waals surface area (Å²) in [7, 11) is 0. The summed E-state index contributed by atoms with van der Waals surface area (Å²) in [6, 6.07) is 27.9. The van der Waals surface area contributed by atoms with E-state index in [9.17, 15) is 4.79 Å². The van der Waals surface area contributed by atoms with Crippen LogP contribution in [-0.2, 0) is 24.5 Å². The topological polar surface area (TPSA) is 50.6 Å². The van der Waals surface area contributed by atoms with Crippen molar-refractivity contribution in [1.29, 1.82) is 0 Å². The molecule has 0 saturated carbocycles. The second-order valence-electron chi connectivity index (χ2n) is 9.07. The molecule has 1 aromatic heterocycles. The minimum atomic E-state index is 0.0662. The molecule has 1 fully saturated rings. The predicted octanol–water partition coefficient (Wildman–Crippen LogP) is 5.32. The standard InChI is InChI=1S/C29H29ClN4O2/c1-22-16-28(33-15-14-32(20-29(33)35)18-23-8-4-2-5-9-23)31-34(22)19-25-17-26(30)12-13-27(25)36-21-24-10-6-3-7-11-24/h2-13,16-17H,14-15,18-21H2,1H3. The first-order chi connectivity index (χ1) is 17.5. The van der Waals surface area contributed by atoms with Gasteiger partial charge in [0.25, 0.3) is 0 Å². The van der Waals surface area contributed by atoms with Crippen molar-refractivity contribution in [3.63, 3.8) is 0 Å². The van der Waals surface area contributed by atoms with Crippen molar-refractivity contribution in [3.05, 3.63) is 112 Å². The highest BCUT2D eigenvalue weighted by Crippen LogP contribution is 2.26. The van der Waals surface area contributed by atoms with Crippen LogP contribution < -0.4 is 9.64 Å². The van der Waals surface area contributed by atoms with Gasteiger partial charge >= 0.3 is 0 Å². The molecule has 0 unspecified atom stereocenters. The summed E-state index contributed by atoms with van der Waals surface area (Å²) in [6.45, 7) is 5.55. The molecule has 1 aliphatic rings. The maximum atomic E-state index is 13.0. The molecule has 0 radical (unpaired) electrons. The average Bonchev–Trinajstić information content (AvgIpc) is 3.24. The van der Waals surface area contributed by atoms with E-state index in [1.165, 1.54) is 5.56 Å². The number of carbonyl (C=O) groups excluding carboxylic acids is 1. The van der Waals surface area contributed by atoms with Crippen LogP contribution in [0.4, 0.5) is 5.82 Å². The van der Waals surface area contributed by atoms with Crippen molar-refractivity contribution in [3.8, 4) is 5.75 Å². The van der Waals surface area contributed by atoms with Crippen LogP contribution in [0.5, 0.6) is 5.75 Å². The molecule has 2 heterocycles. The maximum Gasteiger partial charge on any atom is 0.242 e. The van der Waals surface area contributed by atoms with Crippen LogP contribution in [0.3, 0.4) is 0 Å². The van der Waals surface area contributed by atoms with Gasteiger partial charge in [-0.15, -0.1) is 0 Å². The summed E-state index contributed by atoms with van der Waals surface area (Å²) in [4.78, 5) is 17.0. The monoisotopic (exact) mass is 500 g/mol. The number of halogens is 1. The SMILES string of the molecule is Cc1cc(N2CCN(Cc3ccccc3)CC2=O)nn1Cc1cc(Cl)ccc1OCc1ccccc1. The van der Waals surface area contributed by atoms with Crippen molar-refractivity contribution in [1.82, 2.24) is 14.7 Å². The molecule has 0 N–H and O–H groups in total. The van der Waals surface area contributed by atoms with Gasteiger partial charge < -0.3 is 4.74 Å². The molecule has 1 amide bonds. The molecule has 7 heteroatoms. The Labute approximate surface area is 216 Å². The van der Waals surface area contributed by atoms with Gasteiger partial charge in [0, 0.05) is 42.0 Å². The normalized spacial score (nSPS) is 14.3. The number of hydrogen-bond donors (Lipinski definition) is 0. The number of piperazine rings is 1. The molecule has 0 bridgehead atoms. The van der Waals surface area contributed by atoms with Crippen molar-refractivity contribution >= 4 is 23.3 Å². The van der Waals surface area contributed by atoms with Gasteiger partial charge in [-0.25, -0.2) is 0 Å². The van der Waals surface area contributed by atoms with Gasteiger partial charge in [-0.2, -0.15) is 5.10 Å². The molecule has 1 saturated heterocycles. The molecule has 36 heavy (non-hydrogen) atoms. The Bertz CT molecular complexity index is 1320. The van der Waals surface area contributed by atoms with Crippen LogP contribution in [0, 0.1) is 6.92 Å². The number of benzene rings is 3. The highest BCUT2D eigenvalue weighted by molar-refractivity contribution is 6.30. The Balaban J connectivity index is 1.27. The molecule has 0 atom stereocenters. The average molecular weight is 501 g/mol. The fourth-order valence-electron chi connectivity index (χ4n) is 4.43. The first-order valence-electron chi connectivity index (χ1n) is 12.1. The lowest BCUT2D eigenvalue weighted by atomic mass is 10.2. The fraction of sp³-hybridized carbons (Fsp3) is 0.241. The Morgan fingerprint density at radius 2 is 1.61 bits per heavy atom. The van der Waals surface area contributed by atoms with Crippen molar-refractivity contribution in [2.24, 2.45) is 0 Å². The summed E-state index contributed by atoms with van der Waals surface area (Å²) < 4.78 is 8.02.